The summed E-state index contributed by atoms with van der Waals surface area (Å²) in [5.74, 6) is -1.82. The third-order valence-corrected chi connectivity index (χ3v) is 7.26. The summed E-state index contributed by atoms with van der Waals surface area (Å²) >= 11 is 3.36. The lowest BCUT2D eigenvalue weighted by Crippen LogP contribution is -2.64. The Balaban J connectivity index is 2.01. The van der Waals surface area contributed by atoms with E-state index in [0.29, 0.717) is 23.2 Å². The molecule has 0 aliphatic rings. The Bertz CT molecular complexity index is 1050. The van der Waals surface area contributed by atoms with Crippen LogP contribution in [-0.2, 0) is 27.5 Å². The number of carbonyl (C=O) groups is 4. The van der Waals surface area contributed by atoms with Gasteiger partial charge in [-0.25, -0.2) is 4.79 Å². The average Bonchev–Trinajstić information content (AvgIpc) is 2.85. The van der Waals surface area contributed by atoms with Crippen molar-refractivity contribution < 1.29 is 19.2 Å². The number of ketones is 1. The third-order valence-electron chi connectivity index (χ3n) is 5.62. The van der Waals surface area contributed by atoms with Crippen LogP contribution in [0, 0.1) is 5.92 Å². The molecule has 0 fully saturated rings. The highest BCUT2D eigenvalue weighted by atomic mass is 79.9. The van der Waals surface area contributed by atoms with Gasteiger partial charge in [-0.2, -0.15) is 0 Å². The second-order valence-corrected chi connectivity index (χ2v) is 12.0. The molecule has 0 saturated heterocycles. The predicted molar refractivity (Wildman–Crippen MR) is 147 cm³/mol. The van der Waals surface area contributed by atoms with E-state index in [1.807, 2.05) is 68.4 Å². The van der Waals surface area contributed by atoms with Gasteiger partial charge in [0.2, 0.25) is 11.7 Å². The maximum atomic E-state index is 13.3. The summed E-state index contributed by atoms with van der Waals surface area (Å²) in [5.41, 5.74) is 1.78. The summed E-state index contributed by atoms with van der Waals surface area (Å²) in [6.07, 6.45) is 0.653. The second kappa shape index (κ2) is 13.9. The maximum Gasteiger partial charge on any atom is 0.315 e. The number of hydrogen-bond donors (Lipinski definition) is 4. The van der Waals surface area contributed by atoms with Gasteiger partial charge in [0, 0.05) is 27.8 Å². The first-order valence-electron chi connectivity index (χ1n) is 12.0. The van der Waals surface area contributed by atoms with Crippen LogP contribution in [0.2, 0.25) is 0 Å². The van der Waals surface area contributed by atoms with Gasteiger partial charge in [-0.15, -0.1) is 0 Å². The Labute approximate surface area is 223 Å². The largest absolute Gasteiger partial charge is 0.345 e. The van der Waals surface area contributed by atoms with Crippen molar-refractivity contribution in [2.45, 2.75) is 57.9 Å². The molecule has 0 radical (unpaired) electrons. The molecule has 2 rings (SSSR count). The Kier molecular flexibility index (Phi) is 11.3. The summed E-state index contributed by atoms with van der Waals surface area (Å²) in [5, 5.41) is 9.80. The molecule has 0 aromatic heterocycles. The van der Waals surface area contributed by atoms with Gasteiger partial charge in [-0.05, 0) is 42.0 Å². The van der Waals surface area contributed by atoms with Crippen LogP contribution < -0.4 is 21.3 Å². The highest BCUT2D eigenvalue weighted by molar-refractivity contribution is 9.10. The number of benzene rings is 2. The zero-order chi connectivity index (χ0) is 26.7. The van der Waals surface area contributed by atoms with Crippen molar-refractivity contribution in [1.29, 1.82) is 0 Å². The first-order chi connectivity index (χ1) is 17.0. The zero-order valence-electron chi connectivity index (χ0n) is 21.2. The van der Waals surface area contributed by atoms with E-state index < -0.39 is 34.8 Å². The zero-order valence-corrected chi connectivity index (χ0v) is 24.8. The highest BCUT2D eigenvalue weighted by Crippen LogP contribution is 2.15. The van der Waals surface area contributed by atoms with Gasteiger partial charge in [0.05, 0.1) is 11.2 Å². The molecule has 8 nitrogen and oxygen atoms in total. The van der Waals surface area contributed by atoms with Crippen LogP contribution in [0.25, 0.3) is 0 Å². The van der Waals surface area contributed by atoms with Crippen molar-refractivity contribution in [3.63, 3.8) is 0 Å². The van der Waals surface area contributed by atoms with E-state index in [1.165, 1.54) is 0 Å². The molecule has 2 aromatic carbocycles. The molecule has 0 aliphatic carbocycles. The third kappa shape index (κ3) is 9.23. The van der Waals surface area contributed by atoms with Gasteiger partial charge in [-0.3, -0.25) is 14.4 Å². The number of urea groups is 1. The fourth-order valence-corrected chi connectivity index (χ4v) is 5.24. The van der Waals surface area contributed by atoms with E-state index in [2.05, 4.69) is 37.2 Å². The van der Waals surface area contributed by atoms with Crippen molar-refractivity contribution in [3.05, 3.63) is 70.2 Å². The summed E-state index contributed by atoms with van der Waals surface area (Å²) < 4.78 is 0.915. The van der Waals surface area contributed by atoms with E-state index in [0.717, 1.165) is 15.6 Å². The Hall–Kier alpha value is -2.98. The highest BCUT2D eigenvalue weighted by Gasteiger charge is 2.38. The van der Waals surface area contributed by atoms with Crippen LogP contribution in [0.1, 0.15) is 44.7 Å². The van der Waals surface area contributed by atoms with E-state index in [-0.39, 0.29) is 18.9 Å². The SMILES string of the molecule is CCC(NC(=O)[C@@]([SiH3])(CC(C)C)NC(=O)NCc1ccccc1)C(=O)C(=O)NCc1ccc(Br)cc1. The minimum atomic E-state index is -1.14. The summed E-state index contributed by atoms with van der Waals surface area (Å²) in [7, 11) is 0.310. The lowest BCUT2D eigenvalue weighted by molar-refractivity contribution is -0.140. The van der Waals surface area contributed by atoms with Crippen molar-refractivity contribution >= 4 is 49.8 Å². The van der Waals surface area contributed by atoms with Crippen LogP contribution in [0.5, 0.6) is 0 Å². The van der Waals surface area contributed by atoms with Gasteiger partial charge >= 0.3 is 6.03 Å². The Morgan fingerprint density at radius 2 is 1.50 bits per heavy atom. The summed E-state index contributed by atoms with van der Waals surface area (Å²) in [6.45, 7) is 6.16. The van der Waals surface area contributed by atoms with E-state index in [9.17, 15) is 19.2 Å². The number of carbonyl (C=O) groups excluding carboxylic acids is 4. The molecular weight excluding hydrogens is 540 g/mol. The molecule has 0 spiro atoms. The molecule has 4 N–H and O–H groups in total. The van der Waals surface area contributed by atoms with E-state index in [4.69, 9.17) is 0 Å². The topological polar surface area (TPSA) is 116 Å². The lowest BCUT2D eigenvalue weighted by atomic mass is 10.0. The quantitative estimate of drug-likeness (QED) is 0.229. The number of Topliss-reactive ketones (excluding diaryl/α,β-unsaturated/α-hetero) is 1. The molecule has 0 saturated carbocycles. The number of nitrogens with one attached hydrogen (secondary N) is 4. The number of halogens is 1. The molecule has 4 amide bonds. The molecule has 2 aromatic rings. The molecular formula is C26H35BrN4O4Si. The normalized spacial score (nSPS) is 13.4. The van der Waals surface area contributed by atoms with Gasteiger partial charge in [0.1, 0.15) is 0 Å². The minimum absolute atomic E-state index is 0.118. The van der Waals surface area contributed by atoms with E-state index in [1.54, 1.807) is 6.92 Å². The molecule has 1 unspecified atom stereocenters. The molecule has 0 heterocycles. The average molecular weight is 576 g/mol. The van der Waals surface area contributed by atoms with Crippen molar-refractivity contribution in [1.82, 2.24) is 21.3 Å². The van der Waals surface area contributed by atoms with Crippen LogP contribution in [0.3, 0.4) is 0 Å². The fourth-order valence-electron chi connectivity index (χ4n) is 3.79. The van der Waals surface area contributed by atoms with E-state index >= 15 is 0 Å². The van der Waals surface area contributed by atoms with Gasteiger partial charge < -0.3 is 21.3 Å². The monoisotopic (exact) mass is 574 g/mol. The number of amides is 4. The van der Waals surface area contributed by atoms with Crippen LogP contribution in [0.4, 0.5) is 4.79 Å². The second-order valence-electron chi connectivity index (χ2n) is 9.33. The summed E-state index contributed by atoms with van der Waals surface area (Å²) in [6, 6.07) is 15.4. The maximum absolute atomic E-state index is 13.3. The molecule has 194 valence electrons. The van der Waals surface area contributed by atoms with Crippen LogP contribution in [-0.4, -0.2) is 45.1 Å². The van der Waals surface area contributed by atoms with Gasteiger partial charge in [0.25, 0.3) is 5.91 Å². The lowest BCUT2D eigenvalue weighted by Gasteiger charge is -2.33. The predicted octanol–water partition coefficient (Wildman–Crippen LogP) is 2.14. The Morgan fingerprint density at radius 1 is 0.917 bits per heavy atom. The Morgan fingerprint density at radius 3 is 2.08 bits per heavy atom. The first-order valence-corrected chi connectivity index (χ1v) is 13.8. The number of rotatable bonds is 12. The first kappa shape index (κ1) is 29.2. The summed E-state index contributed by atoms with van der Waals surface area (Å²) in [4.78, 5) is 51.2. The van der Waals surface area contributed by atoms with Gasteiger partial charge in [-0.1, -0.05) is 79.2 Å². The van der Waals surface area contributed by atoms with Crippen molar-refractivity contribution in [3.8, 4) is 0 Å². The van der Waals surface area contributed by atoms with Crippen LogP contribution >= 0.6 is 15.9 Å². The molecule has 0 bridgehead atoms. The standard InChI is InChI=1S/C26H35BrN4O4Si/c1-4-21(22(32)23(33)28-15-19-10-12-20(27)13-11-19)30-24(34)26(36,14-17(2)3)31-25(35)29-16-18-8-6-5-7-9-18/h5-13,17,21H,4,14-16H2,1-3,36H3,(H,28,33)(H,30,34)(H2,29,31,35)/t21?,26-/m0/s1. The molecule has 2 atom stereocenters. The fraction of sp³-hybridized carbons (Fsp3) is 0.385. The van der Waals surface area contributed by atoms with Gasteiger partial charge in [0.15, 0.2) is 0 Å². The van der Waals surface area contributed by atoms with Crippen molar-refractivity contribution in [2.24, 2.45) is 5.92 Å². The van der Waals surface area contributed by atoms with Crippen molar-refractivity contribution in [2.75, 3.05) is 0 Å². The smallest absolute Gasteiger partial charge is 0.315 e. The molecule has 10 heteroatoms. The van der Waals surface area contributed by atoms with Crippen LogP contribution in [0.15, 0.2) is 59.1 Å². The molecule has 0 aliphatic heterocycles. The molecule has 36 heavy (non-hydrogen) atoms. The minimum Gasteiger partial charge on any atom is -0.345 e. The number of hydrogen-bond acceptors (Lipinski definition) is 4.